The van der Waals surface area contributed by atoms with E-state index in [0.29, 0.717) is 6.04 Å². The van der Waals surface area contributed by atoms with Gasteiger partial charge in [-0.15, -0.1) is 0 Å². The first-order chi connectivity index (χ1) is 8.22. The summed E-state index contributed by atoms with van der Waals surface area (Å²) in [6.45, 7) is 10.6. The van der Waals surface area contributed by atoms with Crippen LogP contribution in [-0.2, 0) is 19.5 Å². The molecule has 1 N–H and O–H groups in total. The van der Waals surface area contributed by atoms with E-state index in [0.717, 1.165) is 50.5 Å². The summed E-state index contributed by atoms with van der Waals surface area (Å²) in [6, 6.07) is 0.592. The summed E-state index contributed by atoms with van der Waals surface area (Å²) in [5.41, 5.74) is 2.41. The van der Waals surface area contributed by atoms with Crippen LogP contribution < -0.4 is 5.32 Å². The lowest BCUT2D eigenvalue weighted by molar-refractivity contribution is 0.192. The maximum atomic E-state index is 5.43. The molecular formula is C13H23N3O. The molecule has 0 aliphatic carbocycles. The highest BCUT2D eigenvalue weighted by Crippen LogP contribution is 2.23. The molecule has 1 aromatic heterocycles. The zero-order valence-electron chi connectivity index (χ0n) is 11.1. The van der Waals surface area contributed by atoms with Crippen LogP contribution in [0.3, 0.4) is 0 Å². The van der Waals surface area contributed by atoms with Crippen molar-refractivity contribution in [2.45, 2.75) is 52.7 Å². The van der Waals surface area contributed by atoms with Crippen molar-refractivity contribution in [3.8, 4) is 0 Å². The number of nitrogens with zero attached hydrogens (tertiary/aromatic N) is 2. The summed E-state index contributed by atoms with van der Waals surface area (Å²) < 4.78 is 5.43. The number of aromatic nitrogens is 1. The van der Waals surface area contributed by atoms with Crippen LogP contribution in [0, 0.1) is 0 Å². The summed E-state index contributed by atoms with van der Waals surface area (Å²) in [6.07, 6.45) is 2.15. The van der Waals surface area contributed by atoms with Gasteiger partial charge in [-0.3, -0.25) is 4.90 Å². The Hall–Kier alpha value is -0.870. The van der Waals surface area contributed by atoms with Crippen LogP contribution in [-0.4, -0.2) is 29.2 Å². The van der Waals surface area contributed by atoms with Crippen LogP contribution >= 0.6 is 0 Å². The number of hydrogen-bond donors (Lipinski definition) is 1. The highest BCUT2D eigenvalue weighted by atomic mass is 16.5. The first-order valence-electron chi connectivity index (χ1n) is 6.63. The lowest BCUT2D eigenvalue weighted by Gasteiger charge is -2.29. The second-order valence-corrected chi connectivity index (χ2v) is 5.02. The molecule has 0 spiro atoms. The summed E-state index contributed by atoms with van der Waals surface area (Å²) in [5.74, 6) is 1.09. The molecule has 0 saturated carbocycles. The first-order valence-corrected chi connectivity index (χ1v) is 6.63. The van der Waals surface area contributed by atoms with Crippen molar-refractivity contribution in [3.63, 3.8) is 0 Å². The fourth-order valence-electron chi connectivity index (χ4n) is 2.25. The van der Waals surface area contributed by atoms with Gasteiger partial charge in [0, 0.05) is 37.7 Å². The highest BCUT2D eigenvalue weighted by Gasteiger charge is 2.24. The Kier molecular flexibility index (Phi) is 4.18. The van der Waals surface area contributed by atoms with E-state index < -0.39 is 0 Å². The monoisotopic (exact) mass is 237 g/mol. The average molecular weight is 237 g/mol. The minimum absolute atomic E-state index is 0.592. The van der Waals surface area contributed by atoms with Gasteiger partial charge in [-0.2, -0.15) is 0 Å². The molecule has 0 fully saturated rings. The molecule has 0 unspecified atom stereocenters. The lowest BCUT2D eigenvalue weighted by atomic mass is 10.0. The van der Waals surface area contributed by atoms with E-state index in [1.54, 1.807) is 0 Å². The summed E-state index contributed by atoms with van der Waals surface area (Å²) >= 11 is 0. The molecule has 0 aromatic carbocycles. The van der Waals surface area contributed by atoms with Crippen LogP contribution in [0.4, 0.5) is 0 Å². The molecule has 0 bridgehead atoms. The van der Waals surface area contributed by atoms with Gasteiger partial charge in [0.15, 0.2) is 0 Å². The fraction of sp³-hybridized carbons (Fsp3) is 0.769. The largest absolute Gasteiger partial charge is 0.361 e. The van der Waals surface area contributed by atoms with E-state index in [9.17, 15) is 0 Å². The van der Waals surface area contributed by atoms with Gasteiger partial charge >= 0.3 is 0 Å². The molecule has 0 amide bonds. The normalized spacial score (nSPS) is 16.5. The molecule has 17 heavy (non-hydrogen) atoms. The number of rotatable bonds is 5. The minimum atomic E-state index is 0.592. The van der Waals surface area contributed by atoms with Gasteiger partial charge < -0.3 is 9.84 Å². The topological polar surface area (TPSA) is 41.3 Å². The van der Waals surface area contributed by atoms with Gasteiger partial charge in [0.25, 0.3) is 0 Å². The van der Waals surface area contributed by atoms with Crippen molar-refractivity contribution < 1.29 is 4.52 Å². The second kappa shape index (κ2) is 5.65. The Labute approximate surface area is 103 Å². The van der Waals surface area contributed by atoms with Crippen molar-refractivity contribution in [1.82, 2.24) is 15.4 Å². The predicted molar refractivity (Wildman–Crippen MR) is 67.8 cm³/mol. The molecule has 4 nitrogen and oxygen atoms in total. The Morgan fingerprint density at radius 1 is 1.47 bits per heavy atom. The van der Waals surface area contributed by atoms with Crippen molar-refractivity contribution in [3.05, 3.63) is 17.0 Å². The van der Waals surface area contributed by atoms with Gasteiger partial charge in [-0.1, -0.05) is 12.1 Å². The minimum Gasteiger partial charge on any atom is -0.361 e. The molecule has 4 heteroatoms. The van der Waals surface area contributed by atoms with Crippen LogP contribution in [0.5, 0.6) is 0 Å². The van der Waals surface area contributed by atoms with Crippen molar-refractivity contribution in [1.29, 1.82) is 0 Å². The fourth-order valence-corrected chi connectivity index (χ4v) is 2.25. The standard InChI is InChI=1S/C13H23N3O/c1-4-6-14-8-12-11-9-16(10(2)3)7-5-13(11)17-15-12/h10,14H,4-9H2,1-3H3. The lowest BCUT2D eigenvalue weighted by Crippen LogP contribution is -2.36. The Balaban J connectivity index is 2.03. The van der Waals surface area contributed by atoms with Gasteiger partial charge in [0.05, 0.1) is 0 Å². The third kappa shape index (κ3) is 2.87. The quantitative estimate of drug-likeness (QED) is 0.795. The van der Waals surface area contributed by atoms with Crippen molar-refractivity contribution in [2.24, 2.45) is 0 Å². The molecule has 0 radical (unpaired) electrons. The zero-order chi connectivity index (χ0) is 12.3. The van der Waals surface area contributed by atoms with Gasteiger partial charge in [0.2, 0.25) is 0 Å². The zero-order valence-corrected chi connectivity index (χ0v) is 11.1. The van der Waals surface area contributed by atoms with E-state index in [1.165, 1.54) is 5.56 Å². The van der Waals surface area contributed by atoms with Crippen LogP contribution in [0.25, 0.3) is 0 Å². The molecule has 1 aliphatic heterocycles. The second-order valence-electron chi connectivity index (χ2n) is 5.02. The van der Waals surface area contributed by atoms with Crippen LogP contribution in [0.2, 0.25) is 0 Å². The van der Waals surface area contributed by atoms with E-state index in [1.807, 2.05) is 0 Å². The molecular weight excluding hydrogens is 214 g/mol. The summed E-state index contributed by atoms with van der Waals surface area (Å²) in [4.78, 5) is 2.48. The Bertz CT molecular complexity index is 360. The van der Waals surface area contributed by atoms with Crippen LogP contribution in [0.15, 0.2) is 4.52 Å². The molecule has 0 atom stereocenters. The molecule has 2 rings (SSSR count). The van der Waals surface area contributed by atoms with E-state index in [4.69, 9.17) is 4.52 Å². The maximum Gasteiger partial charge on any atom is 0.142 e. The smallest absolute Gasteiger partial charge is 0.142 e. The van der Waals surface area contributed by atoms with Gasteiger partial charge in [0.1, 0.15) is 11.5 Å². The number of fused-ring (bicyclic) bond motifs is 1. The summed E-state index contributed by atoms with van der Waals surface area (Å²) in [5, 5.41) is 7.59. The molecule has 2 heterocycles. The Morgan fingerprint density at radius 3 is 3.00 bits per heavy atom. The highest BCUT2D eigenvalue weighted by molar-refractivity contribution is 5.25. The predicted octanol–water partition coefficient (Wildman–Crippen LogP) is 1.94. The summed E-state index contributed by atoms with van der Waals surface area (Å²) in [7, 11) is 0. The average Bonchev–Trinajstić information content (AvgIpc) is 2.72. The van der Waals surface area contributed by atoms with Crippen molar-refractivity contribution in [2.75, 3.05) is 13.1 Å². The number of nitrogens with one attached hydrogen (secondary N) is 1. The van der Waals surface area contributed by atoms with Gasteiger partial charge in [-0.05, 0) is 26.8 Å². The third-order valence-electron chi connectivity index (χ3n) is 3.39. The number of hydrogen-bond acceptors (Lipinski definition) is 4. The van der Waals surface area contributed by atoms with Crippen LogP contribution in [0.1, 0.15) is 44.2 Å². The van der Waals surface area contributed by atoms with E-state index >= 15 is 0 Å². The molecule has 1 aromatic rings. The van der Waals surface area contributed by atoms with Crippen molar-refractivity contribution >= 4 is 0 Å². The molecule has 1 aliphatic rings. The maximum absolute atomic E-state index is 5.43. The van der Waals surface area contributed by atoms with Gasteiger partial charge in [-0.25, -0.2) is 0 Å². The molecule has 96 valence electrons. The van der Waals surface area contributed by atoms with E-state index in [-0.39, 0.29) is 0 Å². The SMILES string of the molecule is CCCNCc1noc2c1CN(C(C)C)CC2. The van der Waals surface area contributed by atoms with E-state index in [2.05, 4.69) is 36.1 Å². The third-order valence-corrected chi connectivity index (χ3v) is 3.39. The Morgan fingerprint density at radius 2 is 2.29 bits per heavy atom. The first kappa shape index (κ1) is 12.6. The molecule has 0 saturated heterocycles.